The van der Waals surface area contributed by atoms with Crippen molar-refractivity contribution >= 4 is 11.9 Å². The number of carbonyl (C=O) groups excluding carboxylic acids is 1. The lowest BCUT2D eigenvalue weighted by Gasteiger charge is -2.12. The van der Waals surface area contributed by atoms with Crippen molar-refractivity contribution in [2.24, 2.45) is 0 Å². The zero-order valence-electron chi connectivity index (χ0n) is 7.64. The Kier molecular flexibility index (Phi) is 2.45. The molecule has 2 rings (SSSR count). The topological polar surface area (TPSA) is 26.3 Å². The van der Waals surface area contributed by atoms with Gasteiger partial charge in [-0.25, -0.2) is 0 Å². The predicted octanol–water partition coefficient (Wildman–Crippen LogP) is 2.18. The molecule has 0 atom stereocenters. The van der Waals surface area contributed by atoms with E-state index in [0.29, 0.717) is 12.2 Å². The first-order valence-corrected chi connectivity index (χ1v) is 4.44. The summed E-state index contributed by atoms with van der Waals surface area (Å²) in [6.07, 6.45) is 4.30. The highest BCUT2D eigenvalue weighted by Crippen LogP contribution is 2.22. The van der Waals surface area contributed by atoms with Crippen molar-refractivity contribution in [3.05, 3.63) is 53.8 Å². The van der Waals surface area contributed by atoms with Crippen molar-refractivity contribution in [1.29, 1.82) is 0 Å². The van der Waals surface area contributed by atoms with Gasteiger partial charge in [-0.1, -0.05) is 30.3 Å². The molecule has 70 valence electrons. The molecule has 1 aliphatic rings. The van der Waals surface area contributed by atoms with Gasteiger partial charge in [-0.3, -0.25) is 4.79 Å². The van der Waals surface area contributed by atoms with Crippen LogP contribution in [0.15, 0.2) is 48.2 Å². The van der Waals surface area contributed by atoms with Crippen LogP contribution in [0.2, 0.25) is 0 Å². The van der Waals surface area contributed by atoms with Crippen molar-refractivity contribution in [3.8, 4) is 0 Å². The van der Waals surface area contributed by atoms with Gasteiger partial charge in [-0.05, 0) is 17.2 Å². The summed E-state index contributed by atoms with van der Waals surface area (Å²) in [6, 6.07) is 9.82. The Morgan fingerprint density at radius 3 is 2.71 bits per heavy atom. The third-order valence-corrected chi connectivity index (χ3v) is 2.14. The predicted molar refractivity (Wildman–Crippen MR) is 54.5 cm³/mol. The van der Waals surface area contributed by atoms with Crippen molar-refractivity contribution < 1.29 is 9.53 Å². The summed E-state index contributed by atoms with van der Waals surface area (Å²) in [5, 5.41) is 0. The minimum Gasteiger partial charge on any atom is -0.496 e. The summed E-state index contributed by atoms with van der Waals surface area (Å²) < 4.78 is 5.06. The van der Waals surface area contributed by atoms with Crippen LogP contribution in [0.1, 0.15) is 5.56 Å². The van der Waals surface area contributed by atoms with Gasteiger partial charge in [0.2, 0.25) is 0 Å². The summed E-state index contributed by atoms with van der Waals surface area (Å²) in [5.74, 6) is 0. The third kappa shape index (κ3) is 1.59. The number of allylic oxidation sites excluding steroid dienone is 2. The van der Waals surface area contributed by atoms with Crippen molar-refractivity contribution in [2.45, 2.75) is 0 Å². The van der Waals surface area contributed by atoms with Crippen LogP contribution in [0.25, 0.3) is 5.57 Å². The molecule has 0 spiro atoms. The van der Waals surface area contributed by atoms with Crippen LogP contribution in [0.4, 0.5) is 0 Å². The van der Waals surface area contributed by atoms with Crippen molar-refractivity contribution in [1.82, 2.24) is 0 Å². The Labute approximate surface area is 82.5 Å². The molecule has 0 fully saturated rings. The monoisotopic (exact) mass is 186 g/mol. The van der Waals surface area contributed by atoms with Crippen LogP contribution in [0.3, 0.4) is 0 Å². The second kappa shape index (κ2) is 3.92. The highest BCUT2D eigenvalue weighted by Gasteiger charge is 2.09. The summed E-state index contributed by atoms with van der Waals surface area (Å²) >= 11 is 0. The maximum absolute atomic E-state index is 10.8. The van der Waals surface area contributed by atoms with E-state index in [1.807, 2.05) is 36.4 Å². The Hall–Kier alpha value is -1.83. The van der Waals surface area contributed by atoms with E-state index in [-0.39, 0.29) is 0 Å². The van der Waals surface area contributed by atoms with E-state index >= 15 is 0 Å². The molecular weight excluding hydrogens is 176 g/mol. The fourth-order valence-corrected chi connectivity index (χ4v) is 1.44. The molecule has 0 radical (unpaired) electrons. The lowest BCUT2D eigenvalue weighted by atomic mass is 10.00. The second-order valence-corrected chi connectivity index (χ2v) is 3.04. The molecule has 1 aromatic rings. The Bertz CT molecular complexity index is 388. The molecule has 0 aromatic heterocycles. The van der Waals surface area contributed by atoms with Gasteiger partial charge in [0.05, 0.1) is 6.26 Å². The largest absolute Gasteiger partial charge is 0.496 e. The summed E-state index contributed by atoms with van der Waals surface area (Å²) in [4.78, 5) is 10.8. The molecule has 1 aromatic carbocycles. The third-order valence-electron chi connectivity index (χ3n) is 2.14. The van der Waals surface area contributed by atoms with Gasteiger partial charge in [0, 0.05) is 5.57 Å². The van der Waals surface area contributed by atoms with Gasteiger partial charge >= 0.3 is 0 Å². The smallest absolute Gasteiger partial charge is 0.150 e. The molecule has 0 bridgehead atoms. The first-order chi connectivity index (χ1) is 6.92. The van der Waals surface area contributed by atoms with Crippen LogP contribution in [-0.4, -0.2) is 12.9 Å². The number of hydrogen-bond acceptors (Lipinski definition) is 2. The fraction of sp³-hybridized carbons (Fsp3) is 0.0833. The molecule has 1 aliphatic heterocycles. The first-order valence-electron chi connectivity index (χ1n) is 4.44. The van der Waals surface area contributed by atoms with E-state index in [4.69, 9.17) is 4.74 Å². The van der Waals surface area contributed by atoms with E-state index in [1.54, 1.807) is 6.26 Å². The molecule has 2 nitrogen and oxygen atoms in total. The highest BCUT2D eigenvalue weighted by atomic mass is 16.5. The zero-order valence-corrected chi connectivity index (χ0v) is 7.64. The number of aldehydes is 1. The number of hydrogen-bond donors (Lipinski definition) is 0. The molecule has 14 heavy (non-hydrogen) atoms. The summed E-state index contributed by atoms with van der Waals surface area (Å²) in [6.45, 7) is 0.365. The zero-order chi connectivity index (χ0) is 9.80. The van der Waals surface area contributed by atoms with Gasteiger partial charge < -0.3 is 4.74 Å². The highest BCUT2D eigenvalue weighted by molar-refractivity contribution is 5.92. The molecule has 0 saturated heterocycles. The van der Waals surface area contributed by atoms with E-state index < -0.39 is 0 Å². The molecule has 0 N–H and O–H groups in total. The van der Waals surface area contributed by atoms with Crippen LogP contribution in [0, 0.1) is 0 Å². The molecular formula is C12H10O2. The number of carbonyl (C=O) groups is 1. The van der Waals surface area contributed by atoms with E-state index in [9.17, 15) is 4.79 Å². The summed E-state index contributed by atoms with van der Waals surface area (Å²) in [7, 11) is 0. The molecule has 0 aliphatic carbocycles. The van der Waals surface area contributed by atoms with E-state index in [2.05, 4.69) is 0 Å². The van der Waals surface area contributed by atoms with Crippen LogP contribution in [0.5, 0.6) is 0 Å². The van der Waals surface area contributed by atoms with Gasteiger partial charge in [0.1, 0.15) is 12.9 Å². The van der Waals surface area contributed by atoms with Crippen molar-refractivity contribution in [3.63, 3.8) is 0 Å². The SMILES string of the molecule is O=CC1=C(c2ccccc2)C=COC1. The Morgan fingerprint density at radius 1 is 1.21 bits per heavy atom. The number of benzene rings is 1. The lowest BCUT2D eigenvalue weighted by Crippen LogP contribution is -2.03. The molecule has 1 heterocycles. The fourth-order valence-electron chi connectivity index (χ4n) is 1.44. The second-order valence-electron chi connectivity index (χ2n) is 3.04. The molecule has 0 amide bonds. The average Bonchev–Trinajstić information content (AvgIpc) is 2.30. The molecule has 0 unspecified atom stereocenters. The molecule has 2 heteroatoms. The maximum atomic E-state index is 10.8. The van der Waals surface area contributed by atoms with Gasteiger partial charge in [0.15, 0.2) is 0 Å². The van der Waals surface area contributed by atoms with E-state index in [0.717, 1.165) is 17.4 Å². The van der Waals surface area contributed by atoms with Crippen LogP contribution in [-0.2, 0) is 9.53 Å². The minimum atomic E-state index is 0.365. The minimum absolute atomic E-state index is 0.365. The molecule has 0 saturated carbocycles. The van der Waals surface area contributed by atoms with Crippen LogP contribution < -0.4 is 0 Å². The first kappa shape index (κ1) is 8.75. The quantitative estimate of drug-likeness (QED) is 0.662. The maximum Gasteiger partial charge on any atom is 0.150 e. The van der Waals surface area contributed by atoms with Gasteiger partial charge in [-0.2, -0.15) is 0 Å². The summed E-state index contributed by atoms with van der Waals surface area (Å²) in [5.41, 5.74) is 2.69. The van der Waals surface area contributed by atoms with Gasteiger partial charge in [0.25, 0.3) is 0 Å². The lowest BCUT2D eigenvalue weighted by molar-refractivity contribution is -0.105. The Morgan fingerprint density at radius 2 is 2.00 bits per heavy atom. The number of rotatable bonds is 2. The Balaban J connectivity index is 2.46. The normalized spacial score (nSPS) is 15.1. The van der Waals surface area contributed by atoms with Crippen molar-refractivity contribution in [2.75, 3.05) is 6.61 Å². The van der Waals surface area contributed by atoms with Gasteiger partial charge in [-0.15, -0.1) is 0 Å². The standard InChI is InChI=1S/C12H10O2/c13-8-11-9-14-7-6-12(11)10-4-2-1-3-5-10/h1-8H,9H2. The average molecular weight is 186 g/mol. The van der Waals surface area contributed by atoms with E-state index in [1.165, 1.54) is 0 Å². The van der Waals surface area contributed by atoms with Crippen LogP contribution >= 0.6 is 0 Å². The number of ether oxygens (including phenoxy) is 1.